The normalized spacial score (nSPS) is 20.2. The topological polar surface area (TPSA) is 71.3 Å². The van der Waals surface area contributed by atoms with Crippen LogP contribution in [0, 0.1) is 11.3 Å². The summed E-state index contributed by atoms with van der Waals surface area (Å²) in [5.41, 5.74) is 0.443. The third kappa shape index (κ3) is 3.17. The minimum Gasteiger partial charge on any atom is -0.478 e. The molecule has 132 valence electrons. The molecule has 0 aliphatic carbocycles. The zero-order chi connectivity index (χ0) is 18.2. The molecule has 25 heavy (non-hydrogen) atoms. The molecule has 1 fully saturated rings. The van der Waals surface area contributed by atoms with Gasteiger partial charge in [0.15, 0.2) is 11.9 Å². The smallest absolute Gasteiger partial charge is 0.296 e. The SMILES string of the molecule is COc1ncc2ncc(C#N)c(Cl)c2c1O[C@@H]1CCN(C)CC1(F)F. The quantitative estimate of drug-likeness (QED) is 0.829. The van der Waals surface area contributed by atoms with E-state index >= 15 is 0 Å². The predicted octanol–water partition coefficient (Wildman–Crippen LogP) is 2.88. The maximum absolute atomic E-state index is 14.4. The van der Waals surface area contributed by atoms with Crippen LogP contribution < -0.4 is 9.47 Å². The zero-order valence-corrected chi connectivity index (χ0v) is 14.3. The number of pyridine rings is 2. The van der Waals surface area contributed by atoms with E-state index < -0.39 is 18.6 Å². The number of hydrogen-bond donors (Lipinski definition) is 0. The Morgan fingerprint density at radius 3 is 2.80 bits per heavy atom. The van der Waals surface area contributed by atoms with Crippen molar-refractivity contribution in [3.05, 3.63) is 23.0 Å². The van der Waals surface area contributed by atoms with E-state index in [1.54, 1.807) is 11.9 Å². The molecule has 2 aromatic rings. The summed E-state index contributed by atoms with van der Waals surface area (Å²) in [5.74, 6) is -3.06. The first-order chi connectivity index (χ1) is 11.9. The van der Waals surface area contributed by atoms with Crippen molar-refractivity contribution in [3.63, 3.8) is 0 Å². The van der Waals surface area contributed by atoms with E-state index in [0.717, 1.165) is 0 Å². The van der Waals surface area contributed by atoms with Gasteiger partial charge in [-0.3, -0.25) is 4.98 Å². The molecule has 0 amide bonds. The van der Waals surface area contributed by atoms with Crippen molar-refractivity contribution >= 4 is 22.5 Å². The van der Waals surface area contributed by atoms with Crippen molar-refractivity contribution in [3.8, 4) is 17.7 Å². The highest BCUT2D eigenvalue weighted by Crippen LogP contribution is 2.41. The fourth-order valence-electron chi connectivity index (χ4n) is 2.81. The first-order valence-corrected chi connectivity index (χ1v) is 7.89. The van der Waals surface area contributed by atoms with Gasteiger partial charge in [0.05, 0.1) is 41.3 Å². The van der Waals surface area contributed by atoms with Gasteiger partial charge in [-0.25, -0.2) is 13.8 Å². The number of rotatable bonds is 3. The fraction of sp³-hybridized carbons (Fsp3) is 0.438. The Bertz CT molecular complexity index is 856. The summed E-state index contributed by atoms with van der Waals surface area (Å²) in [6, 6.07) is 1.91. The monoisotopic (exact) mass is 368 g/mol. The van der Waals surface area contributed by atoms with Crippen LogP contribution in [-0.4, -0.2) is 54.1 Å². The van der Waals surface area contributed by atoms with Crippen molar-refractivity contribution in [2.45, 2.75) is 18.4 Å². The van der Waals surface area contributed by atoms with Gasteiger partial charge in [0.25, 0.3) is 11.8 Å². The van der Waals surface area contributed by atoms with Crippen molar-refractivity contribution < 1.29 is 18.3 Å². The Morgan fingerprint density at radius 1 is 1.40 bits per heavy atom. The summed E-state index contributed by atoms with van der Waals surface area (Å²) in [4.78, 5) is 9.68. The summed E-state index contributed by atoms with van der Waals surface area (Å²) >= 11 is 6.27. The van der Waals surface area contributed by atoms with E-state index in [-0.39, 0.29) is 34.0 Å². The van der Waals surface area contributed by atoms with Crippen molar-refractivity contribution in [2.24, 2.45) is 0 Å². The molecule has 0 spiro atoms. The largest absolute Gasteiger partial charge is 0.478 e. The molecule has 3 heterocycles. The number of methoxy groups -OCH3 is 1. The van der Waals surface area contributed by atoms with E-state index in [2.05, 4.69) is 9.97 Å². The lowest BCUT2D eigenvalue weighted by Gasteiger charge is -2.36. The van der Waals surface area contributed by atoms with Gasteiger partial charge in [-0.05, 0) is 7.05 Å². The highest BCUT2D eigenvalue weighted by atomic mass is 35.5. The van der Waals surface area contributed by atoms with E-state index in [0.29, 0.717) is 12.1 Å². The van der Waals surface area contributed by atoms with Gasteiger partial charge in [0.2, 0.25) is 0 Å². The molecule has 1 atom stereocenters. The van der Waals surface area contributed by atoms with Gasteiger partial charge < -0.3 is 14.4 Å². The third-order valence-electron chi connectivity index (χ3n) is 4.07. The maximum atomic E-state index is 14.4. The van der Waals surface area contributed by atoms with Crippen LogP contribution in [0.3, 0.4) is 0 Å². The molecule has 0 bridgehead atoms. The second-order valence-corrected chi connectivity index (χ2v) is 6.23. The predicted molar refractivity (Wildman–Crippen MR) is 87.3 cm³/mol. The summed E-state index contributed by atoms with van der Waals surface area (Å²) < 4.78 is 39.5. The molecular formula is C16H15ClF2N4O2. The number of hydrogen-bond acceptors (Lipinski definition) is 6. The van der Waals surface area contributed by atoms with Crippen LogP contribution in [0.2, 0.25) is 5.02 Å². The van der Waals surface area contributed by atoms with Crippen molar-refractivity contribution in [1.82, 2.24) is 14.9 Å². The molecule has 6 nitrogen and oxygen atoms in total. The van der Waals surface area contributed by atoms with Gasteiger partial charge in [0, 0.05) is 19.2 Å². The lowest BCUT2D eigenvalue weighted by molar-refractivity contribution is -0.135. The van der Waals surface area contributed by atoms with E-state index in [9.17, 15) is 8.78 Å². The van der Waals surface area contributed by atoms with E-state index in [1.165, 1.54) is 19.5 Å². The molecule has 0 aromatic carbocycles. The number of alkyl halides is 2. The molecule has 9 heteroatoms. The molecule has 0 N–H and O–H groups in total. The second kappa shape index (κ2) is 6.58. The Labute approximate surface area is 147 Å². The van der Waals surface area contributed by atoms with E-state index in [4.69, 9.17) is 26.3 Å². The number of piperidine rings is 1. The molecule has 0 unspecified atom stereocenters. The number of nitriles is 1. The van der Waals surface area contributed by atoms with E-state index in [1.807, 2.05) is 6.07 Å². The highest BCUT2D eigenvalue weighted by molar-refractivity contribution is 6.37. The fourth-order valence-corrected chi connectivity index (χ4v) is 3.08. The van der Waals surface area contributed by atoms with Crippen LogP contribution in [0.1, 0.15) is 12.0 Å². The Kier molecular flexibility index (Phi) is 4.62. The number of fused-ring (bicyclic) bond motifs is 1. The second-order valence-electron chi connectivity index (χ2n) is 5.85. The van der Waals surface area contributed by atoms with Gasteiger partial charge in [0.1, 0.15) is 6.07 Å². The Balaban J connectivity index is 2.12. The molecule has 0 radical (unpaired) electrons. The average Bonchev–Trinajstić information content (AvgIpc) is 2.57. The summed E-state index contributed by atoms with van der Waals surface area (Å²) in [6.07, 6.45) is 1.46. The lowest BCUT2D eigenvalue weighted by atomic mass is 10.0. The van der Waals surface area contributed by atoms with Crippen molar-refractivity contribution in [1.29, 1.82) is 5.26 Å². The summed E-state index contributed by atoms with van der Waals surface area (Å²) in [7, 11) is 2.98. The van der Waals surface area contributed by atoms with Gasteiger partial charge in [-0.2, -0.15) is 5.26 Å². The standard InChI is InChI=1S/C16H15ClF2N4O2/c1-23-4-3-11(16(18,19)8-23)25-14-12-10(7-22-15(14)24-2)21-6-9(5-20)13(12)17/h6-7,11H,3-4,8H2,1-2H3/t11-/m1/s1. The number of nitrogens with zero attached hydrogens (tertiary/aromatic N) is 4. The summed E-state index contributed by atoms with van der Waals surface area (Å²) in [6.45, 7) is 0.0593. The van der Waals surface area contributed by atoms with Crippen LogP contribution in [0.4, 0.5) is 8.78 Å². The number of aromatic nitrogens is 2. The minimum atomic E-state index is -3.05. The lowest BCUT2D eigenvalue weighted by Crippen LogP contribution is -2.52. The first kappa shape index (κ1) is 17.6. The van der Waals surface area contributed by atoms with Gasteiger partial charge >= 0.3 is 0 Å². The third-order valence-corrected chi connectivity index (χ3v) is 4.46. The summed E-state index contributed by atoms with van der Waals surface area (Å²) in [5, 5.41) is 9.45. The van der Waals surface area contributed by atoms with Crippen LogP contribution >= 0.6 is 11.6 Å². The maximum Gasteiger partial charge on any atom is 0.296 e. The number of ether oxygens (including phenoxy) is 2. The Hall–Kier alpha value is -2.24. The minimum absolute atomic E-state index is 0.0148. The number of likely N-dealkylation sites (tertiary alicyclic amines) is 1. The van der Waals surface area contributed by atoms with Crippen LogP contribution in [0.25, 0.3) is 10.9 Å². The highest BCUT2D eigenvalue weighted by Gasteiger charge is 2.46. The molecule has 2 aromatic heterocycles. The number of halogens is 3. The molecular weight excluding hydrogens is 354 g/mol. The molecule has 0 saturated carbocycles. The van der Waals surface area contributed by atoms with Crippen molar-refractivity contribution in [2.75, 3.05) is 27.2 Å². The Morgan fingerprint density at radius 2 is 2.16 bits per heavy atom. The van der Waals surface area contributed by atoms with Crippen LogP contribution in [0.15, 0.2) is 12.4 Å². The van der Waals surface area contributed by atoms with Gasteiger partial charge in [-0.15, -0.1) is 0 Å². The molecule has 1 saturated heterocycles. The molecule has 1 aliphatic heterocycles. The first-order valence-electron chi connectivity index (χ1n) is 7.51. The molecule has 1 aliphatic rings. The zero-order valence-electron chi connectivity index (χ0n) is 13.6. The van der Waals surface area contributed by atoms with Crippen LogP contribution in [0.5, 0.6) is 11.6 Å². The molecule has 3 rings (SSSR count). The van der Waals surface area contributed by atoms with Crippen LogP contribution in [-0.2, 0) is 0 Å². The average molecular weight is 369 g/mol. The van der Waals surface area contributed by atoms with Gasteiger partial charge in [-0.1, -0.05) is 11.6 Å².